The van der Waals surface area contributed by atoms with Crippen molar-refractivity contribution >= 4 is 22.6 Å². The van der Waals surface area contributed by atoms with Crippen LogP contribution in [0, 0.1) is 0 Å². The van der Waals surface area contributed by atoms with Crippen LogP contribution in [0.3, 0.4) is 0 Å². The Hall–Kier alpha value is -4.13. The van der Waals surface area contributed by atoms with Gasteiger partial charge in [-0.25, -0.2) is 0 Å². The Labute approximate surface area is 184 Å². The lowest BCUT2D eigenvalue weighted by Gasteiger charge is -2.19. The molecule has 0 radical (unpaired) electrons. The number of methoxy groups -OCH3 is 2. The van der Waals surface area contributed by atoms with Gasteiger partial charge in [0.1, 0.15) is 36.1 Å². The lowest BCUT2D eigenvalue weighted by atomic mass is 10.0. The van der Waals surface area contributed by atoms with Crippen molar-refractivity contribution in [1.82, 2.24) is 0 Å². The molecule has 1 N–H and O–H groups in total. The third-order valence-electron chi connectivity index (χ3n) is 5.27. The van der Waals surface area contributed by atoms with Crippen molar-refractivity contribution in [1.29, 1.82) is 0 Å². The van der Waals surface area contributed by atoms with Crippen LogP contribution in [0.1, 0.15) is 10.4 Å². The van der Waals surface area contributed by atoms with Crippen LogP contribution in [-0.4, -0.2) is 33.3 Å². The molecular formula is C25H21NO6. The number of carbonyl (C=O) groups excluding carboxylic acids is 1. The fourth-order valence-electron chi connectivity index (χ4n) is 3.69. The molecule has 1 aliphatic rings. The largest absolute Gasteiger partial charge is 0.497 e. The monoisotopic (exact) mass is 431 g/mol. The highest BCUT2D eigenvalue weighted by Crippen LogP contribution is 2.37. The summed E-state index contributed by atoms with van der Waals surface area (Å²) in [5.74, 6) is 2.77. The molecule has 2 heterocycles. The van der Waals surface area contributed by atoms with Gasteiger partial charge >= 0.3 is 0 Å². The van der Waals surface area contributed by atoms with Gasteiger partial charge in [0.2, 0.25) is 0 Å². The number of amides is 1. The van der Waals surface area contributed by atoms with Gasteiger partial charge in [-0.1, -0.05) is 0 Å². The second kappa shape index (κ2) is 8.19. The molecular weight excluding hydrogens is 410 g/mol. The number of furan rings is 1. The lowest BCUT2D eigenvalue weighted by molar-refractivity contribution is 0.102. The quantitative estimate of drug-likeness (QED) is 0.471. The average Bonchev–Trinajstić information content (AvgIpc) is 3.22. The van der Waals surface area contributed by atoms with Gasteiger partial charge in [0.15, 0.2) is 11.5 Å². The van der Waals surface area contributed by atoms with Crippen molar-refractivity contribution in [2.24, 2.45) is 0 Å². The highest BCUT2D eigenvalue weighted by atomic mass is 16.6. The zero-order valence-electron chi connectivity index (χ0n) is 17.6. The fraction of sp³-hybridized carbons (Fsp3) is 0.160. The maximum absolute atomic E-state index is 13.5. The summed E-state index contributed by atoms with van der Waals surface area (Å²) in [5.41, 5.74) is 2.35. The van der Waals surface area contributed by atoms with Gasteiger partial charge in [0.05, 0.1) is 19.8 Å². The number of benzene rings is 3. The summed E-state index contributed by atoms with van der Waals surface area (Å²) < 4.78 is 27.9. The Bertz CT molecular complexity index is 1290. The van der Waals surface area contributed by atoms with Crippen LogP contribution >= 0.6 is 0 Å². The molecule has 162 valence electrons. The maximum Gasteiger partial charge on any atom is 0.260 e. The van der Waals surface area contributed by atoms with E-state index in [-0.39, 0.29) is 5.91 Å². The van der Waals surface area contributed by atoms with E-state index in [9.17, 15) is 4.79 Å². The Morgan fingerprint density at radius 3 is 2.31 bits per heavy atom. The van der Waals surface area contributed by atoms with Crippen LogP contribution in [0.25, 0.3) is 22.3 Å². The van der Waals surface area contributed by atoms with Crippen LogP contribution in [0.4, 0.5) is 5.69 Å². The van der Waals surface area contributed by atoms with E-state index < -0.39 is 0 Å². The molecule has 0 fully saturated rings. The van der Waals surface area contributed by atoms with E-state index in [1.54, 1.807) is 50.6 Å². The third kappa shape index (κ3) is 3.58. The van der Waals surface area contributed by atoms with E-state index in [0.29, 0.717) is 64.2 Å². The minimum Gasteiger partial charge on any atom is -0.497 e. The number of anilines is 1. The number of nitrogens with one attached hydrogen (secondary N) is 1. The first-order chi connectivity index (χ1) is 15.7. The molecule has 3 aromatic carbocycles. The summed E-state index contributed by atoms with van der Waals surface area (Å²) in [5, 5.41) is 3.61. The van der Waals surface area contributed by atoms with Gasteiger partial charge in [-0.05, 0) is 54.6 Å². The zero-order valence-corrected chi connectivity index (χ0v) is 17.6. The molecule has 1 aromatic heterocycles. The van der Waals surface area contributed by atoms with Crippen LogP contribution in [0.15, 0.2) is 65.1 Å². The van der Waals surface area contributed by atoms with Crippen LogP contribution in [-0.2, 0) is 0 Å². The van der Waals surface area contributed by atoms with E-state index in [1.807, 2.05) is 24.3 Å². The van der Waals surface area contributed by atoms with Crippen molar-refractivity contribution in [3.8, 4) is 34.3 Å². The van der Waals surface area contributed by atoms with E-state index >= 15 is 0 Å². The summed E-state index contributed by atoms with van der Waals surface area (Å²) in [6.07, 6.45) is 0. The SMILES string of the molecule is COc1ccc(-c2oc3ccc(OC)cc3c2C(=O)Nc2ccc3c(c2)OCCO3)cc1. The van der Waals surface area contributed by atoms with E-state index in [4.69, 9.17) is 23.4 Å². The Morgan fingerprint density at radius 1 is 0.844 bits per heavy atom. The molecule has 0 unspecified atom stereocenters. The minimum atomic E-state index is -0.306. The lowest BCUT2D eigenvalue weighted by Crippen LogP contribution is -2.16. The average molecular weight is 431 g/mol. The first-order valence-corrected chi connectivity index (χ1v) is 10.1. The Balaban J connectivity index is 1.58. The second-order valence-electron chi connectivity index (χ2n) is 7.21. The van der Waals surface area contributed by atoms with E-state index in [1.165, 1.54) is 0 Å². The van der Waals surface area contributed by atoms with Crippen molar-refractivity contribution in [2.45, 2.75) is 0 Å². The molecule has 0 saturated heterocycles. The zero-order chi connectivity index (χ0) is 22.1. The molecule has 4 aromatic rings. The Kier molecular flexibility index (Phi) is 5.07. The van der Waals surface area contributed by atoms with Gasteiger partial charge in [-0.3, -0.25) is 4.79 Å². The number of hydrogen-bond donors (Lipinski definition) is 1. The van der Waals surface area contributed by atoms with Crippen molar-refractivity contribution in [3.63, 3.8) is 0 Å². The number of hydrogen-bond acceptors (Lipinski definition) is 6. The van der Waals surface area contributed by atoms with Crippen LogP contribution in [0.2, 0.25) is 0 Å². The van der Waals surface area contributed by atoms with Gasteiger partial charge in [-0.15, -0.1) is 0 Å². The molecule has 0 spiro atoms. The summed E-state index contributed by atoms with van der Waals surface area (Å²) in [6, 6.07) is 18.1. The summed E-state index contributed by atoms with van der Waals surface area (Å²) >= 11 is 0. The minimum absolute atomic E-state index is 0.306. The number of fused-ring (bicyclic) bond motifs is 2. The van der Waals surface area contributed by atoms with Crippen molar-refractivity contribution in [3.05, 3.63) is 66.2 Å². The summed E-state index contributed by atoms with van der Waals surface area (Å²) in [4.78, 5) is 13.5. The van der Waals surface area contributed by atoms with Crippen LogP contribution in [0.5, 0.6) is 23.0 Å². The van der Waals surface area contributed by atoms with E-state index in [2.05, 4.69) is 5.32 Å². The highest BCUT2D eigenvalue weighted by molar-refractivity contribution is 6.16. The normalized spacial score (nSPS) is 12.4. The number of ether oxygens (including phenoxy) is 4. The second-order valence-corrected chi connectivity index (χ2v) is 7.21. The van der Waals surface area contributed by atoms with Gasteiger partial charge in [0, 0.05) is 22.7 Å². The predicted molar refractivity (Wildman–Crippen MR) is 120 cm³/mol. The summed E-state index contributed by atoms with van der Waals surface area (Å²) in [6.45, 7) is 0.977. The van der Waals surface area contributed by atoms with Crippen LogP contribution < -0.4 is 24.3 Å². The summed E-state index contributed by atoms with van der Waals surface area (Å²) in [7, 11) is 3.19. The number of rotatable bonds is 5. The first kappa shape index (κ1) is 19.8. The fourth-order valence-corrected chi connectivity index (χ4v) is 3.69. The van der Waals surface area contributed by atoms with Gasteiger partial charge < -0.3 is 28.7 Å². The van der Waals surface area contributed by atoms with Gasteiger partial charge in [-0.2, -0.15) is 0 Å². The van der Waals surface area contributed by atoms with Crippen molar-refractivity contribution < 1.29 is 28.2 Å². The molecule has 0 saturated carbocycles. The molecule has 5 rings (SSSR count). The van der Waals surface area contributed by atoms with Crippen molar-refractivity contribution in [2.75, 3.05) is 32.8 Å². The smallest absolute Gasteiger partial charge is 0.260 e. The third-order valence-corrected chi connectivity index (χ3v) is 5.27. The molecule has 1 amide bonds. The topological polar surface area (TPSA) is 79.2 Å². The molecule has 0 bridgehead atoms. The molecule has 1 aliphatic heterocycles. The molecule has 7 nitrogen and oxygen atoms in total. The molecule has 7 heteroatoms. The first-order valence-electron chi connectivity index (χ1n) is 10.1. The molecule has 32 heavy (non-hydrogen) atoms. The predicted octanol–water partition coefficient (Wildman–Crippen LogP) is 5.14. The van der Waals surface area contributed by atoms with Gasteiger partial charge in [0.25, 0.3) is 5.91 Å². The highest BCUT2D eigenvalue weighted by Gasteiger charge is 2.23. The van der Waals surface area contributed by atoms with E-state index in [0.717, 1.165) is 5.56 Å². The maximum atomic E-state index is 13.5. The Morgan fingerprint density at radius 2 is 1.56 bits per heavy atom. The molecule has 0 aliphatic carbocycles. The number of carbonyl (C=O) groups is 1. The molecule has 0 atom stereocenters. The standard InChI is InChI=1S/C25H21NO6/c1-28-17-6-3-15(4-7-17)24-23(19-14-18(29-2)8-10-20(19)32-24)25(27)26-16-5-9-21-22(13-16)31-12-11-30-21/h3-10,13-14H,11-12H2,1-2H3,(H,26,27).